The van der Waals surface area contributed by atoms with Crippen LogP contribution in [0.3, 0.4) is 0 Å². The lowest BCUT2D eigenvalue weighted by molar-refractivity contribution is 0.0951. The van der Waals surface area contributed by atoms with Gasteiger partial charge in [-0.15, -0.1) is 11.6 Å². The van der Waals surface area contributed by atoms with E-state index in [4.69, 9.17) is 16.3 Å². The first-order valence-electron chi connectivity index (χ1n) is 6.11. The Labute approximate surface area is 130 Å². The first-order valence-corrected chi connectivity index (χ1v) is 7.73. The summed E-state index contributed by atoms with van der Waals surface area (Å²) in [7, 11) is 0. The van der Waals surface area contributed by atoms with Gasteiger partial charge in [0.1, 0.15) is 6.73 Å². The van der Waals surface area contributed by atoms with Gasteiger partial charge in [0.15, 0.2) is 0 Å². The third-order valence-corrected chi connectivity index (χ3v) is 4.00. The standard InChI is InChI=1S/C15H13ClINO/c16-7-8-19-10-18-14-4-2-1-3-12(14)13-9-11(17)5-6-15(13)18/h1-6,9H,7-8,10H2. The molecule has 3 aromatic rings. The molecule has 0 saturated heterocycles. The summed E-state index contributed by atoms with van der Waals surface area (Å²) < 4.78 is 9.05. The van der Waals surface area contributed by atoms with Crippen LogP contribution < -0.4 is 0 Å². The van der Waals surface area contributed by atoms with Crippen molar-refractivity contribution in [3.63, 3.8) is 0 Å². The number of halogens is 2. The van der Waals surface area contributed by atoms with E-state index in [9.17, 15) is 0 Å². The van der Waals surface area contributed by atoms with Gasteiger partial charge in [0.25, 0.3) is 0 Å². The van der Waals surface area contributed by atoms with Crippen molar-refractivity contribution >= 4 is 56.0 Å². The first kappa shape index (κ1) is 13.2. The summed E-state index contributed by atoms with van der Waals surface area (Å²) in [6, 6.07) is 14.9. The summed E-state index contributed by atoms with van der Waals surface area (Å²) >= 11 is 8.01. The summed E-state index contributed by atoms with van der Waals surface area (Å²) in [5, 5.41) is 2.54. The van der Waals surface area contributed by atoms with E-state index in [1.807, 2.05) is 0 Å². The van der Waals surface area contributed by atoms with E-state index < -0.39 is 0 Å². The van der Waals surface area contributed by atoms with E-state index in [1.54, 1.807) is 0 Å². The Morgan fingerprint density at radius 1 is 1.05 bits per heavy atom. The van der Waals surface area contributed by atoms with Crippen LogP contribution in [0.1, 0.15) is 0 Å². The number of ether oxygens (including phenoxy) is 1. The second-order valence-corrected chi connectivity index (χ2v) is 5.96. The number of hydrogen-bond acceptors (Lipinski definition) is 1. The van der Waals surface area contributed by atoms with Crippen molar-refractivity contribution < 1.29 is 4.74 Å². The van der Waals surface area contributed by atoms with Crippen LogP contribution in [0.25, 0.3) is 21.8 Å². The average molecular weight is 386 g/mol. The van der Waals surface area contributed by atoms with Gasteiger partial charge in [-0.2, -0.15) is 0 Å². The van der Waals surface area contributed by atoms with Crippen molar-refractivity contribution in [2.24, 2.45) is 0 Å². The predicted octanol–water partition coefficient (Wildman–Crippen LogP) is 4.61. The fourth-order valence-electron chi connectivity index (χ4n) is 2.38. The van der Waals surface area contributed by atoms with E-state index in [-0.39, 0.29) is 0 Å². The van der Waals surface area contributed by atoms with E-state index in [0.29, 0.717) is 19.2 Å². The molecular weight excluding hydrogens is 373 g/mol. The highest BCUT2D eigenvalue weighted by atomic mass is 127. The Balaban J connectivity index is 2.21. The maximum absolute atomic E-state index is 5.66. The van der Waals surface area contributed by atoms with Crippen LogP contribution in [0.2, 0.25) is 0 Å². The molecule has 0 saturated carbocycles. The molecule has 4 heteroatoms. The molecule has 0 spiro atoms. The van der Waals surface area contributed by atoms with E-state index in [0.717, 1.165) is 0 Å². The molecule has 1 aromatic heterocycles. The van der Waals surface area contributed by atoms with Crippen molar-refractivity contribution in [3.8, 4) is 0 Å². The molecule has 0 N–H and O–H groups in total. The minimum absolute atomic E-state index is 0.523. The van der Waals surface area contributed by atoms with Gasteiger partial charge in [0.05, 0.1) is 17.6 Å². The largest absolute Gasteiger partial charge is 0.360 e. The molecule has 0 atom stereocenters. The third-order valence-electron chi connectivity index (χ3n) is 3.18. The molecule has 0 aliphatic carbocycles. The SMILES string of the molecule is ClCCOCn1c2ccccc2c2cc(I)ccc21. The molecule has 19 heavy (non-hydrogen) atoms. The van der Waals surface area contributed by atoms with E-state index >= 15 is 0 Å². The van der Waals surface area contributed by atoms with Gasteiger partial charge in [-0.3, -0.25) is 0 Å². The van der Waals surface area contributed by atoms with Crippen LogP contribution in [-0.4, -0.2) is 17.1 Å². The average Bonchev–Trinajstić information content (AvgIpc) is 2.73. The molecule has 0 aliphatic heterocycles. The molecule has 2 aromatic carbocycles. The molecule has 3 rings (SSSR count). The Kier molecular flexibility index (Phi) is 3.96. The smallest absolute Gasteiger partial charge is 0.123 e. The third kappa shape index (κ3) is 2.47. The van der Waals surface area contributed by atoms with Crippen molar-refractivity contribution in [1.29, 1.82) is 0 Å². The van der Waals surface area contributed by atoms with Gasteiger partial charge in [0, 0.05) is 20.2 Å². The zero-order valence-electron chi connectivity index (χ0n) is 10.3. The molecule has 0 bridgehead atoms. The molecular formula is C15H13ClINO. The fraction of sp³-hybridized carbons (Fsp3) is 0.200. The highest BCUT2D eigenvalue weighted by Crippen LogP contribution is 2.30. The number of hydrogen-bond donors (Lipinski definition) is 0. The number of rotatable bonds is 4. The van der Waals surface area contributed by atoms with Crippen molar-refractivity contribution in [1.82, 2.24) is 4.57 Å². The summed E-state index contributed by atoms with van der Waals surface area (Å²) in [4.78, 5) is 0. The van der Waals surface area contributed by atoms with Gasteiger partial charge < -0.3 is 9.30 Å². The second kappa shape index (κ2) is 5.69. The number of fused-ring (bicyclic) bond motifs is 3. The molecule has 1 heterocycles. The van der Waals surface area contributed by atoms with Crippen LogP contribution >= 0.6 is 34.2 Å². The molecule has 0 radical (unpaired) electrons. The zero-order valence-corrected chi connectivity index (χ0v) is 13.2. The van der Waals surface area contributed by atoms with Gasteiger partial charge in [0.2, 0.25) is 0 Å². The fourth-order valence-corrected chi connectivity index (χ4v) is 2.98. The van der Waals surface area contributed by atoms with E-state index in [2.05, 4.69) is 69.6 Å². The lowest BCUT2D eigenvalue weighted by Gasteiger charge is -2.07. The summed E-state index contributed by atoms with van der Waals surface area (Å²) in [5.41, 5.74) is 2.41. The minimum Gasteiger partial charge on any atom is -0.360 e. The Hall–Kier alpha value is -0.780. The molecule has 0 fully saturated rings. The number of para-hydroxylation sites is 1. The summed E-state index contributed by atoms with van der Waals surface area (Å²) in [6.45, 7) is 1.11. The maximum atomic E-state index is 5.66. The molecule has 0 unspecified atom stereocenters. The van der Waals surface area contributed by atoms with Gasteiger partial charge >= 0.3 is 0 Å². The van der Waals surface area contributed by atoms with E-state index in [1.165, 1.54) is 25.4 Å². The number of benzene rings is 2. The second-order valence-electron chi connectivity index (χ2n) is 4.33. The van der Waals surface area contributed by atoms with Crippen LogP contribution in [-0.2, 0) is 11.5 Å². The van der Waals surface area contributed by atoms with Gasteiger partial charge in [-0.1, -0.05) is 18.2 Å². The Morgan fingerprint density at radius 2 is 1.84 bits per heavy atom. The van der Waals surface area contributed by atoms with Crippen LogP contribution in [0.15, 0.2) is 42.5 Å². The monoisotopic (exact) mass is 385 g/mol. The minimum atomic E-state index is 0.523. The van der Waals surface area contributed by atoms with Crippen molar-refractivity contribution in [2.75, 3.05) is 12.5 Å². The Bertz CT molecular complexity index is 723. The van der Waals surface area contributed by atoms with Crippen molar-refractivity contribution in [3.05, 3.63) is 46.0 Å². The van der Waals surface area contributed by atoms with Gasteiger partial charge in [-0.05, 0) is 46.9 Å². The molecule has 2 nitrogen and oxygen atoms in total. The number of alkyl halides is 1. The first-order chi connectivity index (χ1) is 9.31. The highest BCUT2D eigenvalue weighted by molar-refractivity contribution is 14.1. The molecule has 98 valence electrons. The lowest BCUT2D eigenvalue weighted by atomic mass is 10.2. The molecule has 0 aliphatic rings. The number of nitrogens with zero attached hydrogens (tertiary/aromatic N) is 1. The van der Waals surface area contributed by atoms with Crippen LogP contribution in [0.4, 0.5) is 0 Å². The lowest BCUT2D eigenvalue weighted by Crippen LogP contribution is -2.04. The maximum Gasteiger partial charge on any atom is 0.123 e. The quantitative estimate of drug-likeness (QED) is 0.363. The predicted molar refractivity (Wildman–Crippen MR) is 88.8 cm³/mol. The Morgan fingerprint density at radius 3 is 2.68 bits per heavy atom. The summed E-state index contributed by atoms with van der Waals surface area (Å²) in [5.74, 6) is 0.523. The summed E-state index contributed by atoms with van der Waals surface area (Å²) in [6.07, 6.45) is 0. The van der Waals surface area contributed by atoms with Gasteiger partial charge in [-0.25, -0.2) is 0 Å². The zero-order chi connectivity index (χ0) is 13.2. The van der Waals surface area contributed by atoms with Crippen LogP contribution in [0, 0.1) is 3.57 Å². The topological polar surface area (TPSA) is 14.2 Å². The highest BCUT2D eigenvalue weighted by Gasteiger charge is 2.10. The van der Waals surface area contributed by atoms with Crippen molar-refractivity contribution in [2.45, 2.75) is 6.73 Å². The normalized spacial score (nSPS) is 11.5. The molecule has 0 amide bonds. The number of aromatic nitrogens is 1. The van der Waals surface area contributed by atoms with Crippen LogP contribution in [0.5, 0.6) is 0 Å².